The number of rotatable bonds is 1. The summed E-state index contributed by atoms with van der Waals surface area (Å²) < 4.78 is 0. The maximum Gasteiger partial charge on any atom is -0.00208 e. The Hall–Kier alpha value is -0.730. The molecule has 0 aromatic heterocycles. The molecule has 0 saturated heterocycles. The van der Waals surface area contributed by atoms with Crippen LogP contribution in [0.2, 0.25) is 0 Å². The zero-order valence-electron chi connectivity index (χ0n) is 5.26. The van der Waals surface area contributed by atoms with Crippen LogP contribution < -0.4 is 5.73 Å². The molecule has 0 heterocycles. The molecule has 0 bridgehead atoms. The van der Waals surface area contributed by atoms with Crippen molar-refractivity contribution in [1.82, 2.24) is 0 Å². The molecule has 0 aliphatic heterocycles. The van der Waals surface area contributed by atoms with E-state index in [1.54, 1.807) is 4.91 Å². The molecule has 0 spiro atoms. The average Bonchev–Trinajstić information content (AvgIpc) is 1.69. The van der Waals surface area contributed by atoms with Gasteiger partial charge in [0.1, 0.15) is 0 Å². The summed E-state index contributed by atoms with van der Waals surface area (Å²) in [6.07, 6.45) is 0. The summed E-state index contributed by atoms with van der Waals surface area (Å²) in [6, 6.07) is 0. The fourth-order valence-corrected chi connectivity index (χ4v) is 0. The zero-order valence-corrected chi connectivity index (χ0v) is 5.26. The van der Waals surface area contributed by atoms with E-state index in [4.69, 9.17) is 16.8 Å². The number of hydrogen-bond acceptors (Lipinski definition) is 2. The smallest absolute Gasteiger partial charge is 0.00208 e. The van der Waals surface area contributed by atoms with Gasteiger partial charge < -0.3 is 5.73 Å². The van der Waals surface area contributed by atoms with Crippen LogP contribution in [0.5, 0.6) is 0 Å². The molecule has 0 aromatic rings. The molecule has 0 aliphatic carbocycles. The van der Waals surface area contributed by atoms with Gasteiger partial charge in [-0.3, -0.25) is 0 Å². The van der Waals surface area contributed by atoms with Crippen LogP contribution in [0.15, 0.2) is 0 Å². The Balaban J connectivity index is 0. The van der Waals surface area contributed by atoms with Gasteiger partial charge in [-0.1, -0.05) is 13.8 Å². The number of nitrogens with two attached hydrogens (primary N) is 1. The topological polar surface area (TPSA) is 86.3 Å². The van der Waals surface area contributed by atoms with Crippen LogP contribution in [0, 0.1) is 11.4 Å². The second-order valence-electron chi connectivity index (χ2n) is 1.73. The summed E-state index contributed by atoms with van der Waals surface area (Å²) in [5.41, 5.74) is 17.4. The van der Waals surface area contributed by atoms with Crippen LogP contribution in [0.1, 0.15) is 13.8 Å². The highest BCUT2D eigenvalue weighted by atomic mass is 15.0. The molecule has 48 valence electrons. The molecule has 4 heteroatoms. The maximum absolute atomic E-state index is 6.86. The second kappa shape index (κ2) is 9.55. The Bertz CT molecular complexity index is 62.4. The van der Waals surface area contributed by atoms with E-state index >= 15 is 0 Å². The highest BCUT2D eigenvalue weighted by Crippen LogP contribution is 1.81. The molecule has 0 aromatic carbocycles. The fraction of sp³-hybridized carbons (Fsp3) is 1.00. The molecule has 0 saturated carbocycles. The standard InChI is InChI=1S/C4H11N.HN3/c1-4(2)3-5;1-3-2/h4H,3,5H2,1-2H3;1H. The van der Waals surface area contributed by atoms with Crippen LogP contribution in [0.25, 0.3) is 10.4 Å². The third-order valence-electron chi connectivity index (χ3n) is 0.471. The quantitative estimate of drug-likeness (QED) is 0.303. The van der Waals surface area contributed by atoms with E-state index in [2.05, 4.69) is 13.8 Å². The minimum absolute atomic E-state index is 0.662. The highest BCUT2D eigenvalue weighted by molar-refractivity contribution is 4.38. The lowest BCUT2D eigenvalue weighted by Crippen LogP contribution is -2.05. The molecular formula is C4H12N4. The van der Waals surface area contributed by atoms with Crippen molar-refractivity contribution in [3.63, 3.8) is 0 Å². The van der Waals surface area contributed by atoms with Gasteiger partial charge in [-0.15, -0.1) is 5.53 Å². The van der Waals surface area contributed by atoms with E-state index in [1.165, 1.54) is 0 Å². The van der Waals surface area contributed by atoms with Crippen LogP contribution in [0.4, 0.5) is 0 Å². The molecule has 0 rings (SSSR count). The molecule has 0 atom stereocenters. The first-order chi connectivity index (χ1) is 3.68. The lowest BCUT2D eigenvalue weighted by molar-refractivity contribution is 0.664. The maximum atomic E-state index is 6.86. The Morgan fingerprint density at radius 3 is 1.88 bits per heavy atom. The van der Waals surface area contributed by atoms with Gasteiger partial charge in [0.15, 0.2) is 0 Å². The first-order valence-electron chi connectivity index (χ1n) is 2.39. The van der Waals surface area contributed by atoms with Gasteiger partial charge in [0.05, 0.1) is 0 Å². The van der Waals surface area contributed by atoms with E-state index in [1.807, 2.05) is 0 Å². The highest BCUT2D eigenvalue weighted by Gasteiger charge is 1.80. The van der Waals surface area contributed by atoms with E-state index in [0.717, 1.165) is 6.54 Å². The second-order valence-corrected chi connectivity index (χ2v) is 1.73. The summed E-state index contributed by atoms with van der Waals surface area (Å²) in [5, 5.41) is 0. The lowest BCUT2D eigenvalue weighted by atomic mass is 10.2. The van der Waals surface area contributed by atoms with E-state index < -0.39 is 0 Å². The van der Waals surface area contributed by atoms with Crippen molar-refractivity contribution in [2.75, 3.05) is 6.54 Å². The van der Waals surface area contributed by atoms with Crippen LogP contribution in [-0.2, 0) is 0 Å². The Morgan fingerprint density at radius 1 is 1.75 bits per heavy atom. The molecule has 0 radical (unpaired) electrons. The Labute approximate surface area is 49.1 Å². The van der Waals surface area contributed by atoms with Gasteiger partial charge in [0.2, 0.25) is 0 Å². The van der Waals surface area contributed by atoms with Gasteiger partial charge in [0.25, 0.3) is 0 Å². The van der Waals surface area contributed by atoms with Crippen LogP contribution in [-0.4, -0.2) is 6.54 Å². The fourth-order valence-electron chi connectivity index (χ4n) is 0. The van der Waals surface area contributed by atoms with Crippen molar-refractivity contribution in [3.05, 3.63) is 10.4 Å². The SMILES string of the molecule is CC(C)CN.[N-]=[N+]=N. The first-order valence-corrected chi connectivity index (χ1v) is 2.39. The van der Waals surface area contributed by atoms with E-state index in [9.17, 15) is 0 Å². The third-order valence-corrected chi connectivity index (χ3v) is 0.471. The van der Waals surface area contributed by atoms with E-state index in [-0.39, 0.29) is 0 Å². The monoisotopic (exact) mass is 116 g/mol. The largest absolute Gasteiger partial charge is 0.330 e. The van der Waals surface area contributed by atoms with Crippen molar-refractivity contribution in [2.24, 2.45) is 11.7 Å². The number of hydrogen-bond donors (Lipinski definition) is 2. The number of nitrogens with one attached hydrogen (secondary N) is 1. The summed E-state index contributed by atoms with van der Waals surface area (Å²) in [6.45, 7) is 5.00. The minimum Gasteiger partial charge on any atom is -0.330 e. The van der Waals surface area contributed by atoms with Gasteiger partial charge in [-0.25, -0.2) is 0 Å². The summed E-state index contributed by atoms with van der Waals surface area (Å²) in [5.74, 6) is 0.662. The van der Waals surface area contributed by atoms with Crippen LogP contribution in [0.3, 0.4) is 0 Å². The van der Waals surface area contributed by atoms with Crippen molar-refractivity contribution in [1.29, 1.82) is 5.53 Å². The molecule has 0 unspecified atom stereocenters. The predicted octanol–water partition coefficient (Wildman–Crippen LogP) is 1.48. The normalized spacial score (nSPS) is 7.00. The number of nitrogens with zero attached hydrogens (tertiary/aromatic N) is 2. The van der Waals surface area contributed by atoms with Gasteiger partial charge in [-0.2, -0.15) is 0 Å². The lowest BCUT2D eigenvalue weighted by Gasteiger charge is -1.91. The zero-order chi connectivity index (χ0) is 6.99. The van der Waals surface area contributed by atoms with Gasteiger partial charge in [-0.05, 0) is 22.9 Å². The molecule has 4 nitrogen and oxygen atoms in total. The molecule has 0 aliphatic rings. The molecular weight excluding hydrogens is 104 g/mol. The average molecular weight is 116 g/mol. The van der Waals surface area contributed by atoms with E-state index in [0.29, 0.717) is 5.92 Å². The Kier molecular flexibility index (Phi) is 12.3. The van der Waals surface area contributed by atoms with Crippen molar-refractivity contribution in [2.45, 2.75) is 13.8 Å². The van der Waals surface area contributed by atoms with Crippen molar-refractivity contribution >= 4 is 0 Å². The summed E-state index contributed by atoms with van der Waals surface area (Å²) >= 11 is 0. The van der Waals surface area contributed by atoms with Gasteiger partial charge >= 0.3 is 0 Å². The molecule has 0 amide bonds. The molecule has 8 heavy (non-hydrogen) atoms. The predicted molar refractivity (Wildman–Crippen MR) is 33.3 cm³/mol. The summed E-state index contributed by atoms with van der Waals surface area (Å²) in [4.78, 5) is 1.75. The molecule has 3 N–H and O–H groups in total. The van der Waals surface area contributed by atoms with Gasteiger partial charge in [0, 0.05) is 0 Å². The first kappa shape index (κ1) is 10.3. The molecule has 0 fully saturated rings. The van der Waals surface area contributed by atoms with Crippen molar-refractivity contribution in [3.8, 4) is 0 Å². The van der Waals surface area contributed by atoms with Crippen LogP contribution >= 0.6 is 0 Å². The summed E-state index contributed by atoms with van der Waals surface area (Å²) in [7, 11) is 0. The Morgan fingerprint density at radius 2 is 1.88 bits per heavy atom. The third kappa shape index (κ3) is 59.6. The van der Waals surface area contributed by atoms with Crippen molar-refractivity contribution < 1.29 is 0 Å². The minimum atomic E-state index is 0.662.